The highest BCUT2D eigenvalue weighted by atomic mass is 16.7. The van der Waals surface area contributed by atoms with Gasteiger partial charge in [0.15, 0.2) is 18.1 Å². The maximum atomic E-state index is 12.7. The van der Waals surface area contributed by atoms with E-state index in [1.807, 2.05) is 60.7 Å². The molecule has 0 saturated heterocycles. The fourth-order valence-corrected chi connectivity index (χ4v) is 3.98. The van der Waals surface area contributed by atoms with E-state index < -0.39 is 18.5 Å². The number of amides is 1. The lowest BCUT2D eigenvalue weighted by atomic mass is 9.98. The van der Waals surface area contributed by atoms with E-state index in [9.17, 15) is 20.1 Å². The molecule has 1 aromatic heterocycles. The van der Waals surface area contributed by atoms with E-state index in [0.29, 0.717) is 33.9 Å². The third-order valence-corrected chi connectivity index (χ3v) is 5.75. The standard InChI is InChI=1S/C30H19N3O6/c31-15-22(13-19-11-12-24-25(14-19)38-18-37-24)30(35)36-17-26(34)33-29-23(16-32)27(20-7-3-1-4-8-20)28(39-29)21-9-5-2-6-10-21/h1-14H,17-18H2,(H,33,34)/b22-13+. The second kappa shape index (κ2) is 11.1. The molecule has 1 aliphatic heterocycles. The maximum Gasteiger partial charge on any atom is 0.349 e. The summed E-state index contributed by atoms with van der Waals surface area (Å²) in [5.41, 5.74) is 2.31. The molecule has 9 nitrogen and oxygen atoms in total. The molecule has 0 radical (unpaired) electrons. The molecule has 0 saturated carbocycles. The molecule has 0 atom stereocenters. The van der Waals surface area contributed by atoms with Crippen molar-refractivity contribution in [3.05, 3.63) is 95.6 Å². The first-order valence-corrected chi connectivity index (χ1v) is 11.7. The molecule has 0 fully saturated rings. The van der Waals surface area contributed by atoms with Crippen molar-refractivity contribution in [3.63, 3.8) is 0 Å². The number of furan rings is 1. The SMILES string of the molecule is N#C/C(=C\c1ccc2c(c1)OCO2)C(=O)OCC(=O)Nc1oc(-c2ccccc2)c(-c2ccccc2)c1C#N. The molecule has 39 heavy (non-hydrogen) atoms. The average Bonchev–Trinajstić information content (AvgIpc) is 3.59. The highest BCUT2D eigenvalue weighted by Gasteiger charge is 2.25. The Morgan fingerprint density at radius 2 is 1.62 bits per heavy atom. The van der Waals surface area contributed by atoms with Crippen molar-refractivity contribution < 1.29 is 28.2 Å². The fraction of sp³-hybridized carbons (Fsp3) is 0.0667. The Morgan fingerprint density at radius 3 is 2.31 bits per heavy atom. The van der Waals surface area contributed by atoms with Gasteiger partial charge in [0.2, 0.25) is 12.7 Å². The molecule has 1 aliphatic rings. The van der Waals surface area contributed by atoms with E-state index in [-0.39, 0.29) is 23.8 Å². The zero-order valence-corrected chi connectivity index (χ0v) is 20.3. The molecule has 0 unspecified atom stereocenters. The molecule has 3 aromatic carbocycles. The minimum absolute atomic E-state index is 0.0762. The highest BCUT2D eigenvalue weighted by molar-refractivity contribution is 6.01. The molecule has 0 spiro atoms. The zero-order chi connectivity index (χ0) is 27.2. The minimum Gasteiger partial charge on any atom is -0.454 e. The van der Waals surface area contributed by atoms with E-state index in [2.05, 4.69) is 11.4 Å². The van der Waals surface area contributed by atoms with Crippen molar-refractivity contribution in [1.82, 2.24) is 0 Å². The monoisotopic (exact) mass is 517 g/mol. The van der Waals surface area contributed by atoms with Crippen molar-refractivity contribution in [3.8, 4) is 46.1 Å². The van der Waals surface area contributed by atoms with Crippen LogP contribution in [-0.2, 0) is 14.3 Å². The molecule has 9 heteroatoms. The minimum atomic E-state index is -0.986. The number of hydrogen-bond acceptors (Lipinski definition) is 8. The molecule has 5 rings (SSSR count). The molecule has 190 valence electrons. The Kier molecular flexibility index (Phi) is 7.06. The van der Waals surface area contributed by atoms with Crippen molar-refractivity contribution in [2.45, 2.75) is 0 Å². The Bertz CT molecular complexity index is 1660. The number of nitrogens with zero attached hydrogens (tertiary/aromatic N) is 2. The molecule has 1 amide bonds. The summed E-state index contributed by atoms with van der Waals surface area (Å²) in [5, 5.41) is 21.9. The average molecular weight is 517 g/mol. The third-order valence-electron chi connectivity index (χ3n) is 5.75. The summed E-state index contributed by atoms with van der Waals surface area (Å²) in [4.78, 5) is 25.2. The lowest BCUT2D eigenvalue weighted by molar-refractivity contribution is -0.142. The van der Waals surface area contributed by atoms with Crippen molar-refractivity contribution >= 4 is 23.8 Å². The Morgan fingerprint density at radius 1 is 0.923 bits per heavy atom. The van der Waals surface area contributed by atoms with Gasteiger partial charge in [-0.1, -0.05) is 66.7 Å². The number of ether oxygens (including phenoxy) is 3. The van der Waals surface area contributed by atoms with E-state index in [1.165, 1.54) is 6.08 Å². The number of benzene rings is 3. The lowest BCUT2D eigenvalue weighted by Gasteiger charge is -2.05. The third kappa shape index (κ3) is 5.33. The second-order valence-corrected chi connectivity index (χ2v) is 8.26. The normalized spacial score (nSPS) is 11.8. The van der Waals surface area contributed by atoms with Crippen LogP contribution in [0.25, 0.3) is 28.5 Å². The van der Waals surface area contributed by atoms with Crippen LogP contribution < -0.4 is 14.8 Å². The summed E-state index contributed by atoms with van der Waals surface area (Å²) in [6.07, 6.45) is 1.32. The molecule has 2 heterocycles. The first-order valence-electron chi connectivity index (χ1n) is 11.7. The number of rotatable bonds is 7. The van der Waals surface area contributed by atoms with Crippen LogP contribution in [0.1, 0.15) is 11.1 Å². The van der Waals surface area contributed by atoms with Gasteiger partial charge in [-0.05, 0) is 29.3 Å². The van der Waals surface area contributed by atoms with Crippen LogP contribution in [0.3, 0.4) is 0 Å². The molecule has 0 aliphatic carbocycles. The van der Waals surface area contributed by atoms with Gasteiger partial charge >= 0.3 is 5.97 Å². The van der Waals surface area contributed by atoms with Crippen molar-refractivity contribution in [2.24, 2.45) is 0 Å². The zero-order valence-electron chi connectivity index (χ0n) is 20.3. The second-order valence-electron chi connectivity index (χ2n) is 8.26. The molecule has 1 N–H and O–H groups in total. The van der Waals surface area contributed by atoms with E-state index >= 15 is 0 Å². The van der Waals surface area contributed by atoms with Gasteiger partial charge in [-0.15, -0.1) is 0 Å². The summed E-state index contributed by atoms with van der Waals surface area (Å²) < 4.78 is 21.6. The summed E-state index contributed by atoms with van der Waals surface area (Å²) >= 11 is 0. The number of hydrogen-bond donors (Lipinski definition) is 1. The van der Waals surface area contributed by atoms with Gasteiger partial charge in [0, 0.05) is 11.1 Å². The number of fused-ring (bicyclic) bond motifs is 1. The van der Waals surface area contributed by atoms with Gasteiger partial charge in [0.05, 0.1) is 0 Å². The first-order chi connectivity index (χ1) is 19.1. The van der Waals surface area contributed by atoms with Gasteiger partial charge in [0.25, 0.3) is 5.91 Å². The quantitative estimate of drug-likeness (QED) is 0.198. The predicted octanol–water partition coefficient (Wildman–Crippen LogP) is 5.30. The molecule has 0 bridgehead atoms. The molecular weight excluding hydrogens is 498 g/mol. The van der Waals surface area contributed by atoms with E-state index in [1.54, 1.807) is 24.3 Å². The van der Waals surface area contributed by atoms with Crippen LogP contribution in [0.4, 0.5) is 5.88 Å². The first kappa shape index (κ1) is 24.9. The summed E-state index contributed by atoms with van der Waals surface area (Å²) in [5.74, 6) is -0.346. The Balaban J connectivity index is 1.34. The van der Waals surface area contributed by atoms with Crippen molar-refractivity contribution in [1.29, 1.82) is 10.5 Å². The van der Waals surface area contributed by atoms with Crippen LogP contribution in [0, 0.1) is 22.7 Å². The number of carbonyl (C=O) groups is 2. The van der Waals surface area contributed by atoms with Gasteiger partial charge < -0.3 is 18.6 Å². The summed E-state index contributed by atoms with van der Waals surface area (Å²) in [7, 11) is 0. The van der Waals surface area contributed by atoms with Gasteiger partial charge in [0.1, 0.15) is 29.0 Å². The highest BCUT2D eigenvalue weighted by Crippen LogP contribution is 2.41. The van der Waals surface area contributed by atoms with Crippen LogP contribution in [0.5, 0.6) is 11.5 Å². The maximum absolute atomic E-state index is 12.7. The Hall–Kier alpha value is -5.80. The van der Waals surface area contributed by atoms with Gasteiger partial charge in [-0.2, -0.15) is 10.5 Å². The lowest BCUT2D eigenvalue weighted by Crippen LogP contribution is -2.21. The summed E-state index contributed by atoms with van der Waals surface area (Å²) in [6, 6.07) is 27.2. The van der Waals surface area contributed by atoms with Gasteiger partial charge in [-0.3, -0.25) is 10.1 Å². The van der Waals surface area contributed by atoms with E-state index in [0.717, 1.165) is 5.56 Å². The predicted molar refractivity (Wildman–Crippen MR) is 140 cm³/mol. The molecule has 4 aromatic rings. The number of anilines is 1. The van der Waals surface area contributed by atoms with Crippen LogP contribution in [-0.4, -0.2) is 25.3 Å². The summed E-state index contributed by atoms with van der Waals surface area (Å²) in [6.45, 7) is -0.612. The Labute approximate surface area is 223 Å². The number of esters is 1. The van der Waals surface area contributed by atoms with Crippen LogP contribution in [0.15, 0.2) is 88.9 Å². The van der Waals surface area contributed by atoms with Gasteiger partial charge in [-0.25, -0.2) is 4.79 Å². The number of nitrogens with one attached hydrogen (secondary N) is 1. The number of nitriles is 2. The smallest absolute Gasteiger partial charge is 0.349 e. The topological polar surface area (TPSA) is 135 Å². The van der Waals surface area contributed by atoms with Crippen LogP contribution in [0.2, 0.25) is 0 Å². The van der Waals surface area contributed by atoms with Crippen LogP contribution >= 0.6 is 0 Å². The fourth-order valence-electron chi connectivity index (χ4n) is 3.98. The molecular formula is C30H19N3O6. The van der Waals surface area contributed by atoms with E-state index in [4.69, 9.17) is 18.6 Å². The number of carbonyl (C=O) groups excluding carboxylic acids is 2. The largest absolute Gasteiger partial charge is 0.454 e. The van der Waals surface area contributed by atoms with Crippen molar-refractivity contribution in [2.75, 3.05) is 18.7 Å².